The van der Waals surface area contributed by atoms with Crippen LogP contribution in [0.4, 0.5) is 9.52 Å². The maximum atomic E-state index is 13.7. The summed E-state index contributed by atoms with van der Waals surface area (Å²) < 4.78 is 14.6. The molecule has 0 spiro atoms. The van der Waals surface area contributed by atoms with Crippen LogP contribution in [-0.4, -0.2) is 20.4 Å². The quantitative estimate of drug-likeness (QED) is 0.666. The minimum atomic E-state index is -0.995. The number of aromatic amines is 1. The molecule has 0 saturated heterocycles. The first-order valence-electron chi connectivity index (χ1n) is 9.67. The molecule has 0 radical (unpaired) electrons. The van der Waals surface area contributed by atoms with Gasteiger partial charge >= 0.3 is 5.69 Å². The number of carbonyl (C=O) groups excluding carboxylic acids is 1. The van der Waals surface area contributed by atoms with E-state index < -0.39 is 29.0 Å². The van der Waals surface area contributed by atoms with Crippen LogP contribution in [0.5, 0.6) is 0 Å². The Morgan fingerprint density at radius 3 is 2.83 bits per heavy atom. The molecule has 2 N–H and O–H groups in total. The predicted molar refractivity (Wildman–Crippen MR) is 110 cm³/mol. The molecule has 1 saturated carbocycles. The van der Waals surface area contributed by atoms with Gasteiger partial charge in [-0.1, -0.05) is 32.1 Å². The molecule has 0 bridgehead atoms. The second-order valence-electron chi connectivity index (χ2n) is 7.38. The molecule has 1 aliphatic rings. The van der Waals surface area contributed by atoms with Crippen LogP contribution in [-0.2, 0) is 4.79 Å². The number of thiazole rings is 1. The summed E-state index contributed by atoms with van der Waals surface area (Å²) in [5.74, 6) is -0.802. The van der Waals surface area contributed by atoms with E-state index >= 15 is 0 Å². The number of halogens is 1. The second kappa shape index (κ2) is 8.28. The Balaban J connectivity index is 1.78. The van der Waals surface area contributed by atoms with E-state index in [2.05, 4.69) is 15.3 Å². The van der Waals surface area contributed by atoms with Gasteiger partial charge < -0.3 is 10.3 Å². The highest BCUT2D eigenvalue weighted by molar-refractivity contribution is 7.13. The predicted octanol–water partition coefficient (Wildman–Crippen LogP) is 3.44. The molecule has 2 heterocycles. The van der Waals surface area contributed by atoms with Crippen molar-refractivity contribution in [2.75, 3.05) is 5.32 Å². The molecule has 1 aromatic carbocycles. The summed E-state index contributed by atoms with van der Waals surface area (Å²) in [5, 5.41) is 4.88. The lowest BCUT2D eigenvalue weighted by atomic mass is 9.84. The van der Waals surface area contributed by atoms with Crippen LogP contribution in [0.15, 0.2) is 39.4 Å². The smallest absolute Gasteiger partial charge is 0.307 e. The Hall–Kier alpha value is -2.81. The maximum Gasteiger partial charge on any atom is 0.329 e. The molecule has 1 aliphatic carbocycles. The molecule has 1 amide bonds. The van der Waals surface area contributed by atoms with Crippen LogP contribution in [0.3, 0.4) is 0 Å². The Morgan fingerprint density at radius 2 is 2.10 bits per heavy atom. The number of rotatable bonds is 5. The highest BCUT2D eigenvalue weighted by Crippen LogP contribution is 2.31. The Morgan fingerprint density at radius 1 is 1.31 bits per heavy atom. The monoisotopic (exact) mass is 416 g/mol. The molecule has 2 aromatic heterocycles. The van der Waals surface area contributed by atoms with Gasteiger partial charge in [0.1, 0.15) is 11.9 Å². The lowest BCUT2D eigenvalue weighted by Gasteiger charge is -2.26. The number of hydrogen-bond donors (Lipinski definition) is 2. The van der Waals surface area contributed by atoms with E-state index in [1.54, 1.807) is 11.6 Å². The zero-order chi connectivity index (χ0) is 20.4. The minimum absolute atomic E-state index is 0.0419. The van der Waals surface area contributed by atoms with Crippen LogP contribution < -0.4 is 16.6 Å². The topological polar surface area (TPSA) is 96.8 Å². The number of hydrogen-bond acceptors (Lipinski definition) is 5. The van der Waals surface area contributed by atoms with Gasteiger partial charge in [-0.15, -0.1) is 11.3 Å². The summed E-state index contributed by atoms with van der Waals surface area (Å²) in [6, 6.07) is 2.62. The van der Waals surface area contributed by atoms with Gasteiger partial charge in [0.2, 0.25) is 5.91 Å². The molecular formula is C20H21FN4O3S. The van der Waals surface area contributed by atoms with Crippen molar-refractivity contribution in [1.29, 1.82) is 0 Å². The summed E-state index contributed by atoms with van der Waals surface area (Å²) in [4.78, 5) is 45.5. The van der Waals surface area contributed by atoms with E-state index in [4.69, 9.17) is 0 Å². The maximum absolute atomic E-state index is 13.7. The minimum Gasteiger partial charge on any atom is -0.307 e. The number of nitrogens with zero attached hydrogens (tertiary/aromatic N) is 2. The van der Waals surface area contributed by atoms with Gasteiger partial charge in [0.05, 0.1) is 10.9 Å². The fourth-order valence-electron chi connectivity index (χ4n) is 4.03. The number of aromatic nitrogens is 3. The molecule has 3 aromatic rings. The molecule has 9 heteroatoms. The molecule has 4 rings (SSSR count). The Kier molecular flexibility index (Phi) is 5.57. The van der Waals surface area contributed by atoms with Gasteiger partial charge in [0, 0.05) is 11.6 Å². The van der Waals surface area contributed by atoms with Gasteiger partial charge in [-0.3, -0.25) is 9.59 Å². The van der Waals surface area contributed by atoms with Crippen LogP contribution in [0.25, 0.3) is 10.9 Å². The van der Waals surface area contributed by atoms with E-state index in [0.29, 0.717) is 11.6 Å². The van der Waals surface area contributed by atoms with E-state index in [0.717, 1.165) is 42.7 Å². The van der Waals surface area contributed by atoms with Crippen molar-refractivity contribution >= 4 is 33.3 Å². The fraction of sp³-hybridized carbons (Fsp3) is 0.400. The SMILES string of the molecule is O=C(Nc1nccs1)C(CC1CCCCC1)n1c(=O)[nH]c2ccc(F)cc2c1=O. The van der Waals surface area contributed by atoms with Crippen LogP contribution >= 0.6 is 11.3 Å². The molecule has 1 atom stereocenters. The van der Waals surface area contributed by atoms with Crippen molar-refractivity contribution in [3.05, 3.63) is 56.4 Å². The summed E-state index contributed by atoms with van der Waals surface area (Å²) in [6.07, 6.45) is 7.14. The van der Waals surface area contributed by atoms with Gasteiger partial charge in [-0.2, -0.15) is 0 Å². The van der Waals surface area contributed by atoms with E-state index in [9.17, 15) is 18.8 Å². The Bertz CT molecular complexity index is 1130. The average molecular weight is 416 g/mol. The standard InChI is InChI=1S/C20H21FN4O3S/c21-13-6-7-15-14(11-13)18(27)25(20(28)23-15)16(10-12-4-2-1-3-5-12)17(26)24-19-22-8-9-29-19/h6-9,11-12,16H,1-5,10H2,(H,23,28)(H,22,24,26). The summed E-state index contributed by atoms with van der Waals surface area (Å²) in [5.41, 5.74) is -1.10. The molecule has 1 unspecified atom stereocenters. The molecule has 152 valence electrons. The molecule has 7 nitrogen and oxygen atoms in total. The summed E-state index contributed by atoms with van der Waals surface area (Å²) in [6.45, 7) is 0. The van der Waals surface area contributed by atoms with Crippen LogP contribution in [0.2, 0.25) is 0 Å². The van der Waals surface area contributed by atoms with Gasteiger partial charge in [0.25, 0.3) is 5.56 Å². The number of anilines is 1. The van der Waals surface area contributed by atoms with Crippen LogP contribution in [0, 0.1) is 11.7 Å². The average Bonchev–Trinajstić information content (AvgIpc) is 3.21. The van der Waals surface area contributed by atoms with Crippen molar-refractivity contribution < 1.29 is 9.18 Å². The number of amides is 1. The molecule has 29 heavy (non-hydrogen) atoms. The lowest BCUT2D eigenvalue weighted by molar-refractivity contribution is -0.120. The van der Waals surface area contributed by atoms with Crippen LogP contribution in [0.1, 0.15) is 44.6 Å². The largest absolute Gasteiger partial charge is 0.329 e. The number of carbonyl (C=O) groups is 1. The van der Waals surface area contributed by atoms with Crippen molar-refractivity contribution in [2.45, 2.75) is 44.6 Å². The van der Waals surface area contributed by atoms with Crippen molar-refractivity contribution in [3.63, 3.8) is 0 Å². The number of nitrogens with one attached hydrogen (secondary N) is 2. The fourth-order valence-corrected chi connectivity index (χ4v) is 4.56. The van der Waals surface area contributed by atoms with Crippen molar-refractivity contribution in [3.8, 4) is 0 Å². The van der Waals surface area contributed by atoms with E-state index in [-0.39, 0.29) is 16.8 Å². The second-order valence-corrected chi connectivity index (χ2v) is 8.27. The first kappa shape index (κ1) is 19.5. The van der Waals surface area contributed by atoms with E-state index in [1.165, 1.54) is 23.5 Å². The highest BCUT2D eigenvalue weighted by Gasteiger charge is 2.29. The summed E-state index contributed by atoms with van der Waals surface area (Å²) >= 11 is 1.26. The number of fused-ring (bicyclic) bond motifs is 1. The van der Waals surface area contributed by atoms with Gasteiger partial charge in [0.15, 0.2) is 5.13 Å². The zero-order valence-corrected chi connectivity index (χ0v) is 16.5. The first-order valence-corrected chi connectivity index (χ1v) is 10.6. The molecular weight excluding hydrogens is 395 g/mol. The third-order valence-corrected chi connectivity index (χ3v) is 6.14. The molecule has 1 fully saturated rings. The van der Waals surface area contributed by atoms with Crippen molar-refractivity contribution in [1.82, 2.24) is 14.5 Å². The normalized spacial score (nSPS) is 16.0. The van der Waals surface area contributed by atoms with Crippen molar-refractivity contribution in [2.24, 2.45) is 5.92 Å². The first-order chi connectivity index (χ1) is 14.0. The van der Waals surface area contributed by atoms with Gasteiger partial charge in [-0.25, -0.2) is 18.7 Å². The van der Waals surface area contributed by atoms with E-state index in [1.807, 2.05) is 0 Å². The Labute approximate surface area is 169 Å². The number of benzene rings is 1. The number of H-pyrrole nitrogens is 1. The highest BCUT2D eigenvalue weighted by atomic mass is 32.1. The van der Waals surface area contributed by atoms with Gasteiger partial charge in [-0.05, 0) is 30.5 Å². The third kappa shape index (κ3) is 4.14. The summed E-state index contributed by atoms with van der Waals surface area (Å²) in [7, 11) is 0. The molecule has 0 aliphatic heterocycles. The third-order valence-electron chi connectivity index (χ3n) is 5.45. The lowest BCUT2D eigenvalue weighted by Crippen LogP contribution is -2.43. The zero-order valence-electron chi connectivity index (χ0n) is 15.7.